The van der Waals surface area contributed by atoms with Crippen molar-refractivity contribution in [1.29, 1.82) is 0 Å². The number of halogens is 7. The van der Waals surface area contributed by atoms with Crippen LogP contribution < -0.4 is 5.32 Å². The van der Waals surface area contributed by atoms with Crippen molar-refractivity contribution in [3.05, 3.63) is 64.5 Å². The highest BCUT2D eigenvalue weighted by Crippen LogP contribution is 2.37. The minimum absolute atomic E-state index is 0.0224. The number of nitrogens with one attached hydrogen (secondary N) is 1. The lowest BCUT2D eigenvalue weighted by molar-refractivity contribution is -0.143. The second kappa shape index (κ2) is 8.58. The summed E-state index contributed by atoms with van der Waals surface area (Å²) in [5.41, 5.74) is -3.12. The highest BCUT2D eigenvalue weighted by Gasteiger charge is 2.37. The first-order valence-electron chi connectivity index (χ1n) is 8.60. The molecule has 5 nitrogen and oxygen atoms in total. The van der Waals surface area contributed by atoms with Gasteiger partial charge in [0.25, 0.3) is 0 Å². The van der Waals surface area contributed by atoms with Crippen LogP contribution in [0, 0.1) is 0 Å². The molecule has 0 aliphatic carbocycles. The Hall–Kier alpha value is -3.08. The monoisotopic (exact) mass is 463 g/mol. The summed E-state index contributed by atoms with van der Waals surface area (Å²) in [7, 11) is 0. The van der Waals surface area contributed by atoms with Crippen LogP contribution >= 0.6 is 11.6 Å². The Morgan fingerprint density at radius 1 is 1.00 bits per heavy atom. The molecule has 0 atom stereocenters. The molecular formula is C19H12ClF6N3O2. The molecule has 0 aliphatic heterocycles. The molecule has 0 saturated carbocycles. The molecule has 164 valence electrons. The van der Waals surface area contributed by atoms with Gasteiger partial charge in [-0.2, -0.15) is 31.3 Å². The van der Waals surface area contributed by atoms with Crippen molar-refractivity contribution in [3.63, 3.8) is 0 Å². The van der Waals surface area contributed by atoms with Crippen LogP contribution in [0.4, 0.5) is 32.0 Å². The van der Waals surface area contributed by atoms with E-state index < -0.39 is 35.1 Å². The number of hydrogen-bond donors (Lipinski definition) is 1. The molecule has 12 heteroatoms. The fraction of sp³-hybridized carbons (Fsp3) is 0.211. The lowest BCUT2D eigenvalue weighted by atomic mass is 10.1. The Balaban J connectivity index is 1.69. The van der Waals surface area contributed by atoms with Crippen molar-refractivity contribution >= 4 is 23.2 Å². The van der Waals surface area contributed by atoms with Gasteiger partial charge in [-0.25, -0.2) is 0 Å². The van der Waals surface area contributed by atoms with Crippen molar-refractivity contribution in [3.8, 4) is 11.4 Å². The predicted molar refractivity (Wildman–Crippen MR) is 98.1 cm³/mol. The molecule has 0 radical (unpaired) electrons. The summed E-state index contributed by atoms with van der Waals surface area (Å²) in [5.74, 6) is -0.550. The lowest BCUT2D eigenvalue weighted by Gasteiger charge is -2.14. The highest BCUT2D eigenvalue weighted by molar-refractivity contribution is 6.30. The largest absolute Gasteiger partial charge is 0.416 e. The first kappa shape index (κ1) is 22.6. The van der Waals surface area contributed by atoms with Gasteiger partial charge in [0.15, 0.2) is 0 Å². The molecule has 0 fully saturated rings. The average Bonchev–Trinajstić information content (AvgIpc) is 3.14. The molecule has 2 aromatic carbocycles. The van der Waals surface area contributed by atoms with E-state index in [1.807, 2.05) is 5.32 Å². The first-order valence-corrected chi connectivity index (χ1v) is 8.97. The summed E-state index contributed by atoms with van der Waals surface area (Å²) < 4.78 is 82.4. The van der Waals surface area contributed by atoms with Crippen LogP contribution in [0.25, 0.3) is 11.4 Å². The Labute approximate surface area is 176 Å². The molecule has 1 heterocycles. The number of carbonyl (C=O) groups excluding carboxylic acids is 1. The van der Waals surface area contributed by atoms with Gasteiger partial charge >= 0.3 is 12.4 Å². The molecule has 1 N–H and O–H groups in total. The third-order valence-corrected chi connectivity index (χ3v) is 4.22. The van der Waals surface area contributed by atoms with Crippen LogP contribution in [0.2, 0.25) is 5.02 Å². The third kappa shape index (κ3) is 5.97. The van der Waals surface area contributed by atoms with Crippen molar-refractivity contribution < 1.29 is 35.7 Å². The van der Waals surface area contributed by atoms with Gasteiger partial charge in [-0.15, -0.1) is 0 Å². The van der Waals surface area contributed by atoms with Crippen LogP contribution in [0.5, 0.6) is 0 Å². The van der Waals surface area contributed by atoms with E-state index in [-0.39, 0.29) is 30.6 Å². The van der Waals surface area contributed by atoms with Crippen LogP contribution in [0.15, 0.2) is 47.0 Å². The Morgan fingerprint density at radius 2 is 1.65 bits per heavy atom. The zero-order valence-corrected chi connectivity index (χ0v) is 16.1. The van der Waals surface area contributed by atoms with Crippen LogP contribution in [0.3, 0.4) is 0 Å². The molecule has 0 unspecified atom stereocenters. The van der Waals surface area contributed by atoms with Gasteiger partial charge in [0.05, 0.1) is 11.1 Å². The van der Waals surface area contributed by atoms with Gasteiger partial charge in [-0.05, 0) is 30.3 Å². The molecule has 1 aromatic heterocycles. The fourth-order valence-electron chi connectivity index (χ4n) is 2.57. The van der Waals surface area contributed by atoms with Crippen LogP contribution in [-0.4, -0.2) is 16.0 Å². The number of rotatable bonds is 5. The number of benzene rings is 2. The lowest BCUT2D eigenvalue weighted by Crippen LogP contribution is -2.16. The molecule has 0 saturated heterocycles. The smallest absolute Gasteiger partial charge is 0.339 e. The van der Waals surface area contributed by atoms with Crippen molar-refractivity contribution in [1.82, 2.24) is 10.1 Å². The zero-order valence-electron chi connectivity index (χ0n) is 15.3. The standard InChI is InChI=1S/C19H12ClF6N3O2/c20-13-3-1-2-10(6-13)17-28-16(31-29-17)5-4-15(30)27-14-8-11(18(21,22)23)7-12(9-14)19(24,25)26/h1-3,6-9H,4-5H2,(H,27,30). The van der Waals surface area contributed by atoms with Crippen LogP contribution in [0.1, 0.15) is 23.4 Å². The van der Waals surface area contributed by atoms with Gasteiger partial charge < -0.3 is 9.84 Å². The quantitative estimate of drug-likeness (QED) is 0.471. The molecule has 3 aromatic rings. The van der Waals surface area contributed by atoms with Crippen LogP contribution in [-0.2, 0) is 23.6 Å². The SMILES string of the molecule is O=C(CCc1nc(-c2cccc(Cl)c2)no1)Nc1cc(C(F)(F)F)cc(C(F)(F)F)c1. The third-order valence-electron chi connectivity index (χ3n) is 3.99. The normalized spacial score (nSPS) is 12.1. The van der Waals surface area contributed by atoms with E-state index >= 15 is 0 Å². The maximum atomic E-state index is 12.9. The van der Waals surface area contributed by atoms with Gasteiger partial charge in [-0.3, -0.25) is 4.79 Å². The number of aromatic nitrogens is 2. The summed E-state index contributed by atoms with van der Waals surface area (Å²) >= 11 is 5.88. The maximum Gasteiger partial charge on any atom is 0.416 e. The molecule has 31 heavy (non-hydrogen) atoms. The number of amides is 1. The number of nitrogens with zero attached hydrogens (tertiary/aromatic N) is 2. The Bertz CT molecular complexity index is 1060. The number of carbonyl (C=O) groups is 1. The van der Waals surface area contributed by atoms with E-state index in [1.165, 1.54) is 0 Å². The van der Waals surface area contributed by atoms with Gasteiger partial charge in [0, 0.05) is 29.1 Å². The van der Waals surface area contributed by atoms with E-state index in [2.05, 4.69) is 10.1 Å². The molecule has 0 spiro atoms. The number of alkyl halides is 6. The molecule has 1 amide bonds. The van der Waals surface area contributed by atoms with Crippen molar-refractivity contribution in [2.75, 3.05) is 5.32 Å². The van der Waals surface area contributed by atoms with E-state index in [0.29, 0.717) is 22.7 Å². The summed E-state index contributed by atoms with van der Waals surface area (Å²) in [6.45, 7) is 0. The molecule has 3 rings (SSSR count). The van der Waals surface area contributed by atoms with E-state index in [9.17, 15) is 31.1 Å². The van der Waals surface area contributed by atoms with Gasteiger partial charge in [0.1, 0.15) is 0 Å². The topological polar surface area (TPSA) is 68.0 Å². The second-order valence-electron chi connectivity index (χ2n) is 6.36. The van der Waals surface area contributed by atoms with E-state index in [4.69, 9.17) is 16.1 Å². The Morgan fingerprint density at radius 3 is 2.23 bits per heavy atom. The summed E-state index contributed by atoms with van der Waals surface area (Å²) in [4.78, 5) is 16.1. The minimum Gasteiger partial charge on any atom is -0.339 e. The van der Waals surface area contributed by atoms with Crippen molar-refractivity contribution in [2.24, 2.45) is 0 Å². The average molecular weight is 464 g/mol. The molecule has 0 aliphatic rings. The van der Waals surface area contributed by atoms with Gasteiger partial charge in [0.2, 0.25) is 17.6 Å². The van der Waals surface area contributed by atoms with Gasteiger partial charge in [-0.1, -0.05) is 28.9 Å². The predicted octanol–water partition coefficient (Wildman–Crippen LogP) is 6.00. The molecule has 0 bridgehead atoms. The van der Waals surface area contributed by atoms with E-state index in [0.717, 1.165) is 0 Å². The summed E-state index contributed by atoms with van der Waals surface area (Å²) in [6.07, 6.45) is -10.4. The minimum atomic E-state index is -5.01. The Kier molecular flexibility index (Phi) is 6.25. The maximum absolute atomic E-state index is 12.9. The molecular weight excluding hydrogens is 452 g/mol. The second-order valence-corrected chi connectivity index (χ2v) is 6.80. The number of anilines is 1. The summed E-state index contributed by atoms with van der Waals surface area (Å²) in [6, 6.07) is 7.42. The van der Waals surface area contributed by atoms with Crippen molar-refractivity contribution in [2.45, 2.75) is 25.2 Å². The zero-order chi connectivity index (χ0) is 22.8. The number of aryl methyl sites for hydroxylation is 1. The summed E-state index contributed by atoms with van der Waals surface area (Å²) in [5, 5.41) is 6.22. The first-order chi connectivity index (χ1) is 14.4. The van der Waals surface area contributed by atoms with E-state index in [1.54, 1.807) is 24.3 Å². The number of hydrogen-bond acceptors (Lipinski definition) is 4. The fourth-order valence-corrected chi connectivity index (χ4v) is 2.76. The highest BCUT2D eigenvalue weighted by atomic mass is 35.5.